The number of terminal acetylenes is 1. The van der Waals surface area contributed by atoms with Crippen molar-refractivity contribution in [2.45, 2.75) is 109 Å². The van der Waals surface area contributed by atoms with Crippen LogP contribution < -0.4 is 20.1 Å². The van der Waals surface area contributed by atoms with Gasteiger partial charge in [0.05, 0.1) is 11.4 Å². The third-order valence-electron chi connectivity index (χ3n) is 8.45. The van der Waals surface area contributed by atoms with Gasteiger partial charge in [0.2, 0.25) is 5.91 Å². The molecule has 8 heteroatoms. The van der Waals surface area contributed by atoms with E-state index in [4.69, 9.17) is 15.9 Å². The number of amides is 2. The average molecular weight is 635 g/mol. The van der Waals surface area contributed by atoms with E-state index in [1.54, 1.807) is 24.3 Å². The number of unbranched alkanes of at least 4 members (excludes halogenated alkanes) is 5. The van der Waals surface area contributed by atoms with Crippen molar-refractivity contribution in [3.8, 4) is 70.9 Å². The summed E-state index contributed by atoms with van der Waals surface area (Å²) in [5.41, 5.74) is 0.977. The molecule has 47 heavy (non-hydrogen) atoms. The maximum Gasteiger partial charge on any atom is 0.301 e. The fourth-order valence-corrected chi connectivity index (χ4v) is 6.38. The molecule has 4 N–H and O–H groups in total. The summed E-state index contributed by atoms with van der Waals surface area (Å²) < 4.78 is 13.3. The molecule has 2 aliphatic heterocycles. The highest BCUT2D eigenvalue weighted by Gasteiger charge is 2.53. The number of fused-ring (bicyclic) bond motifs is 2. The van der Waals surface area contributed by atoms with E-state index >= 15 is 0 Å². The van der Waals surface area contributed by atoms with Crippen LogP contribution in [0.1, 0.15) is 104 Å². The van der Waals surface area contributed by atoms with Gasteiger partial charge in [-0.15, -0.1) is 6.42 Å². The van der Waals surface area contributed by atoms with Crippen molar-refractivity contribution in [1.29, 1.82) is 0 Å². The molecule has 2 aromatic rings. The van der Waals surface area contributed by atoms with Crippen LogP contribution in [-0.4, -0.2) is 27.8 Å². The number of phenols is 2. The van der Waals surface area contributed by atoms with Gasteiger partial charge in [0.1, 0.15) is 23.0 Å². The van der Waals surface area contributed by atoms with E-state index in [0.717, 1.165) is 30.4 Å². The molecule has 2 heterocycles. The van der Waals surface area contributed by atoms with Gasteiger partial charge in [-0.2, -0.15) is 0 Å². The second kappa shape index (κ2) is 14.5. The van der Waals surface area contributed by atoms with E-state index in [2.05, 4.69) is 72.8 Å². The molecular formula is C39H42N2O6. The molecule has 1 atom stereocenters. The maximum absolute atomic E-state index is 12.7. The second-order valence-corrected chi connectivity index (χ2v) is 13.4. The Balaban J connectivity index is 1.57. The summed E-state index contributed by atoms with van der Waals surface area (Å²) >= 11 is 0. The van der Waals surface area contributed by atoms with E-state index in [1.165, 1.54) is 19.3 Å². The molecule has 2 aliphatic rings. The molecule has 244 valence electrons. The highest BCUT2D eigenvalue weighted by atomic mass is 16.7. The van der Waals surface area contributed by atoms with Gasteiger partial charge in [0, 0.05) is 59.3 Å². The average Bonchev–Trinajstić information content (AvgIpc) is 2.98. The third-order valence-corrected chi connectivity index (χ3v) is 8.45. The monoisotopic (exact) mass is 634 g/mol. The fraction of sp³-hybridized carbons (Fsp3) is 0.436. The number of aromatic hydroxyl groups is 2. The van der Waals surface area contributed by atoms with E-state index in [1.807, 2.05) is 13.8 Å². The molecular weight excluding hydrogens is 592 g/mol. The quantitative estimate of drug-likeness (QED) is 0.136. The fourth-order valence-electron chi connectivity index (χ4n) is 6.38. The molecule has 8 nitrogen and oxygen atoms in total. The van der Waals surface area contributed by atoms with Crippen LogP contribution in [0.25, 0.3) is 0 Å². The van der Waals surface area contributed by atoms with Crippen LogP contribution in [0.15, 0.2) is 24.3 Å². The van der Waals surface area contributed by atoms with Crippen molar-refractivity contribution in [1.82, 2.24) is 0 Å². The van der Waals surface area contributed by atoms with Crippen LogP contribution in [0, 0.1) is 47.9 Å². The summed E-state index contributed by atoms with van der Waals surface area (Å²) in [5, 5.41) is 27.1. The lowest BCUT2D eigenvalue weighted by molar-refractivity contribution is -0.166. The van der Waals surface area contributed by atoms with Crippen LogP contribution in [-0.2, 0) is 20.4 Å². The van der Waals surface area contributed by atoms with Gasteiger partial charge < -0.3 is 30.3 Å². The molecule has 0 radical (unpaired) electrons. The molecule has 0 saturated carbocycles. The maximum atomic E-state index is 12.7. The van der Waals surface area contributed by atoms with Gasteiger partial charge in [-0.3, -0.25) is 9.59 Å². The van der Waals surface area contributed by atoms with Crippen molar-refractivity contribution in [3.63, 3.8) is 0 Å². The SMILES string of the molecule is C#CC#CC#CC#CC(=O)Nc1cc2c(cc1O)C(C)(C)CC1(CC(C)(C)c3cc(O)c(NC(=O)CCCCCCCC)cc3O1)O2. The number of anilines is 2. The number of hydrogen-bond acceptors (Lipinski definition) is 6. The first-order valence-electron chi connectivity index (χ1n) is 16.0. The van der Waals surface area contributed by atoms with Crippen LogP contribution in [0.5, 0.6) is 23.0 Å². The Hall–Kier alpha value is -5.18. The third kappa shape index (κ3) is 8.55. The predicted molar refractivity (Wildman–Crippen MR) is 183 cm³/mol. The van der Waals surface area contributed by atoms with E-state index in [-0.39, 0.29) is 28.8 Å². The Morgan fingerprint density at radius 3 is 1.85 bits per heavy atom. The zero-order chi connectivity index (χ0) is 34.2. The summed E-state index contributed by atoms with van der Waals surface area (Å²) in [7, 11) is 0. The van der Waals surface area contributed by atoms with Crippen molar-refractivity contribution < 1.29 is 29.3 Å². The van der Waals surface area contributed by atoms with Crippen molar-refractivity contribution in [3.05, 3.63) is 35.4 Å². The van der Waals surface area contributed by atoms with Crippen LogP contribution in [0.2, 0.25) is 0 Å². The lowest BCUT2D eigenvalue weighted by atomic mass is 9.69. The molecule has 4 rings (SSSR count). The zero-order valence-corrected chi connectivity index (χ0v) is 27.8. The van der Waals surface area contributed by atoms with Gasteiger partial charge in [0.15, 0.2) is 0 Å². The molecule has 0 bridgehead atoms. The molecule has 1 unspecified atom stereocenters. The van der Waals surface area contributed by atoms with Crippen molar-refractivity contribution >= 4 is 23.2 Å². The molecule has 0 aromatic heterocycles. The minimum absolute atomic E-state index is 0.0201. The predicted octanol–water partition coefficient (Wildman–Crippen LogP) is 6.89. The summed E-state index contributed by atoms with van der Waals surface area (Å²) in [6, 6.07) is 6.47. The lowest BCUT2D eigenvalue weighted by Crippen LogP contribution is -2.55. The number of carbonyl (C=O) groups excluding carboxylic acids is 2. The Bertz CT molecular complexity index is 1780. The molecule has 0 fully saturated rings. The van der Waals surface area contributed by atoms with Gasteiger partial charge in [-0.05, 0) is 54.1 Å². The Morgan fingerprint density at radius 2 is 1.28 bits per heavy atom. The zero-order valence-electron chi connectivity index (χ0n) is 27.8. The van der Waals surface area contributed by atoms with Gasteiger partial charge >= 0.3 is 5.91 Å². The molecule has 0 saturated heterocycles. The second-order valence-electron chi connectivity index (χ2n) is 13.4. The summed E-state index contributed by atoms with van der Waals surface area (Å²) in [4.78, 5) is 25.2. The number of nitrogens with one attached hydrogen (secondary N) is 2. The number of hydrogen-bond donors (Lipinski definition) is 4. The Labute approximate surface area is 278 Å². The lowest BCUT2D eigenvalue weighted by Gasteiger charge is -2.51. The van der Waals surface area contributed by atoms with E-state index in [0.29, 0.717) is 30.8 Å². The molecule has 2 amide bonds. The van der Waals surface area contributed by atoms with Gasteiger partial charge in [0.25, 0.3) is 5.79 Å². The highest BCUT2D eigenvalue weighted by Crippen LogP contribution is 2.55. The number of carbonyl (C=O) groups is 2. The summed E-state index contributed by atoms with van der Waals surface area (Å²) in [5.74, 6) is 15.3. The Kier molecular flexibility index (Phi) is 10.7. The van der Waals surface area contributed by atoms with Crippen LogP contribution >= 0.6 is 0 Å². The summed E-state index contributed by atoms with van der Waals surface area (Å²) in [6.07, 6.45) is 12.8. The number of benzene rings is 2. The van der Waals surface area contributed by atoms with E-state index < -0.39 is 22.5 Å². The highest BCUT2D eigenvalue weighted by molar-refractivity contribution is 6.05. The number of rotatable bonds is 9. The standard InChI is InChI=1S/C39H42N2O6/c1-7-9-11-13-15-17-19-35(44)40-29-23-33-27(21-31(29)42)37(3,4)25-39(46-33)26-38(5,6)28-22-32(43)30(24-34(28)47-39)41-36(45)20-18-16-14-12-10-8-2/h1,21-24,42-43H,8,10,12,14,16,18,20,25-26H2,2-6H3,(H,40,44)(H,41,45). The molecule has 1 spiro atoms. The minimum Gasteiger partial charge on any atom is -0.506 e. The minimum atomic E-state index is -1.11. The normalized spacial score (nSPS) is 17.6. The van der Waals surface area contributed by atoms with Crippen LogP contribution in [0.4, 0.5) is 11.4 Å². The number of ether oxygens (including phenoxy) is 2. The Morgan fingerprint density at radius 1 is 0.766 bits per heavy atom. The molecule has 0 aliphatic carbocycles. The topological polar surface area (TPSA) is 117 Å². The summed E-state index contributed by atoms with van der Waals surface area (Å²) in [6.45, 7) is 10.4. The van der Waals surface area contributed by atoms with Gasteiger partial charge in [-0.25, -0.2) is 0 Å². The first-order chi connectivity index (χ1) is 22.3. The van der Waals surface area contributed by atoms with Crippen LogP contribution in [0.3, 0.4) is 0 Å². The van der Waals surface area contributed by atoms with E-state index in [9.17, 15) is 19.8 Å². The van der Waals surface area contributed by atoms with Gasteiger partial charge in [-0.1, -0.05) is 66.7 Å². The van der Waals surface area contributed by atoms with Crippen molar-refractivity contribution in [2.24, 2.45) is 0 Å². The largest absolute Gasteiger partial charge is 0.506 e. The first-order valence-corrected chi connectivity index (χ1v) is 16.0. The number of phenolic OH excluding ortho intramolecular Hbond substituents is 2. The first kappa shape index (κ1) is 34.7. The molecule has 2 aromatic carbocycles. The smallest absolute Gasteiger partial charge is 0.301 e. The van der Waals surface area contributed by atoms with Crippen molar-refractivity contribution in [2.75, 3.05) is 10.6 Å².